The maximum Gasteiger partial charge on any atom is 0.329 e. The van der Waals surface area contributed by atoms with Crippen LogP contribution in [-0.2, 0) is 47.5 Å². The van der Waals surface area contributed by atoms with Crippen LogP contribution in [0.1, 0.15) is 59.5 Å². The monoisotopic (exact) mass is 864 g/mol. The molecule has 2 atom stereocenters. The molecule has 19 heteroatoms. The number of hydrogen-bond acceptors (Lipinski definition) is 14. The van der Waals surface area contributed by atoms with Crippen LogP contribution in [0.3, 0.4) is 0 Å². The smallest absolute Gasteiger partial charge is 0.329 e. The van der Waals surface area contributed by atoms with Crippen molar-refractivity contribution in [2.45, 2.75) is 47.1 Å². The van der Waals surface area contributed by atoms with Crippen LogP contribution < -0.4 is 10.6 Å². The third-order valence-corrected chi connectivity index (χ3v) is 10.4. The van der Waals surface area contributed by atoms with E-state index in [2.05, 4.69) is 34.7 Å². The fourth-order valence-electron chi connectivity index (χ4n) is 5.97. The topological polar surface area (TPSA) is 203 Å². The molecule has 1 aromatic carbocycles. The molecule has 2 amide bonds. The standard InChI is InChI=1S/C40H57ClN6O11S/c1-27-28(2)59-39-36(27)37(31-6-8-32(41)9-7-31)44-33(38-46-45-29(3)47(38)39)22-34(49)43-11-13-53-15-17-55-19-21-57-25-40(5,26-58-23-35(50)51)24-56-20-18-54-16-14-52-12-10-42-30(4)48/h6-9,33H,10-26H2,1-5H3,(H,42,48)(H,43,49)(H,50,51)/t33-,40?/m0/s1. The predicted molar refractivity (Wildman–Crippen MR) is 221 cm³/mol. The van der Waals surface area contributed by atoms with Crippen molar-refractivity contribution in [1.82, 2.24) is 25.4 Å². The minimum Gasteiger partial charge on any atom is -0.480 e. The number of hydrogen-bond donors (Lipinski definition) is 3. The van der Waals surface area contributed by atoms with Crippen LogP contribution in [0.5, 0.6) is 0 Å². The van der Waals surface area contributed by atoms with Crippen LogP contribution in [0.15, 0.2) is 29.3 Å². The highest BCUT2D eigenvalue weighted by atomic mass is 35.5. The lowest BCUT2D eigenvalue weighted by molar-refractivity contribution is -0.145. The molecule has 1 aliphatic rings. The van der Waals surface area contributed by atoms with Crippen molar-refractivity contribution in [3.8, 4) is 5.00 Å². The molecule has 0 saturated heterocycles. The molecule has 59 heavy (non-hydrogen) atoms. The normalized spacial score (nSPS) is 14.5. The zero-order chi connectivity index (χ0) is 42.6. The maximum atomic E-state index is 13.2. The van der Waals surface area contributed by atoms with E-state index in [1.165, 1.54) is 11.8 Å². The number of carboxylic acid groups (broad SMARTS) is 1. The van der Waals surface area contributed by atoms with Crippen LogP contribution in [0.2, 0.25) is 5.02 Å². The van der Waals surface area contributed by atoms with Gasteiger partial charge in [0, 0.05) is 46.5 Å². The Bertz CT molecular complexity index is 1820. The minimum absolute atomic E-state index is 0.0796. The number of rotatable bonds is 29. The Kier molecular flexibility index (Phi) is 20.3. The Morgan fingerprint density at radius 2 is 1.34 bits per heavy atom. The van der Waals surface area contributed by atoms with Crippen molar-refractivity contribution in [1.29, 1.82) is 0 Å². The van der Waals surface area contributed by atoms with E-state index in [4.69, 9.17) is 54.9 Å². The summed E-state index contributed by atoms with van der Waals surface area (Å²) < 4.78 is 41.2. The Labute approximate surface area is 354 Å². The average molecular weight is 865 g/mol. The van der Waals surface area contributed by atoms with Gasteiger partial charge in [-0.05, 0) is 38.5 Å². The van der Waals surface area contributed by atoms with E-state index < -0.39 is 24.0 Å². The van der Waals surface area contributed by atoms with Crippen molar-refractivity contribution in [3.05, 3.63) is 62.5 Å². The second-order valence-electron chi connectivity index (χ2n) is 14.2. The number of carbonyl (C=O) groups excluding carboxylic acids is 2. The summed E-state index contributed by atoms with van der Waals surface area (Å²) in [6, 6.07) is 7.00. The van der Waals surface area contributed by atoms with Gasteiger partial charge in [0.1, 0.15) is 23.5 Å². The van der Waals surface area contributed by atoms with Gasteiger partial charge in [-0.25, -0.2) is 4.79 Å². The van der Waals surface area contributed by atoms with Crippen molar-refractivity contribution in [3.63, 3.8) is 0 Å². The number of ether oxygens (including phenoxy) is 7. The number of aromatic nitrogens is 3. The second kappa shape index (κ2) is 25.0. The molecule has 3 heterocycles. The number of aryl methyl sites for hydroxylation is 2. The molecular formula is C40H57ClN6O11S. The molecule has 2 aromatic heterocycles. The summed E-state index contributed by atoms with van der Waals surface area (Å²) in [4.78, 5) is 41.3. The number of aliphatic imine (C=N–C) groups is 1. The molecule has 0 fully saturated rings. The summed E-state index contributed by atoms with van der Waals surface area (Å²) in [5.41, 5.74) is 3.22. The van der Waals surface area contributed by atoms with E-state index >= 15 is 0 Å². The first-order valence-corrected chi connectivity index (χ1v) is 20.7. The number of nitrogens with zero attached hydrogens (tertiary/aromatic N) is 4. The molecular weight excluding hydrogens is 808 g/mol. The van der Waals surface area contributed by atoms with E-state index in [1.54, 1.807) is 11.3 Å². The lowest BCUT2D eigenvalue weighted by Gasteiger charge is -2.28. The fourth-order valence-corrected chi connectivity index (χ4v) is 7.31. The molecule has 3 N–H and O–H groups in total. The lowest BCUT2D eigenvalue weighted by Crippen LogP contribution is -2.36. The largest absolute Gasteiger partial charge is 0.480 e. The Balaban J connectivity index is 1.12. The van der Waals surface area contributed by atoms with Crippen molar-refractivity contribution in [2.24, 2.45) is 10.4 Å². The highest BCUT2D eigenvalue weighted by Gasteiger charge is 2.32. The number of thiophene rings is 1. The second-order valence-corrected chi connectivity index (χ2v) is 15.8. The summed E-state index contributed by atoms with van der Waals surface area (Å²) >= 11 is 7.87. The number of carboxylic acids is 1. The van der Waals surface area contributed by atoms with E-state index in [-0.39, 0.29) is 38.1 Å². The van der Waals surface area contributed by atoms with E-state index in [9.17, 15) is 14.4 Å². The van der Waals surface area contributed by atoms with Crippen LogP contribution in [0.4, 0.5) is 0 Å². The predicted octanol–water partition coefficient (Wildman–Crippen LogP) is 3.65. The van der Waals surface area contributed by atoms with Gasteiger partial charge in [-0.3, -0.25) is 19.1 Å². The SMILES string of the molecule is CC(=O)NCCOCCOCCOCC(C)(COCCOCCOCCNC(=O)C[C@@H]1N=C(c2ccc(Cl)cc2)c2c(sc(C)c2C)-n2c(C)nnc21)COCC(=O)O. The van der Waals surface area contributed by atoms with Gasteiger partial charge in [-0.2, -0.15) is 0 Å². The molecule has 0 bridgehead atoms. The molecule has 1 aliphatic heterocycles. The maximum absolute atomic E-state index is 13.2. The van der Waals surface area contributed by atoms with Crippen molar-refractivity contribution >= 4 is 46.4 Å². The molecule has 326 valence electrons. The number of carbonyl (C=O) groups is 3. The molecule has 3 aromatic rings. The average Bonchev–Trinajstić information content (AvgIpc) is 3.67. The summed E-state index contributed by atoms with van der Waals surface area (Å²) in [5.74, 6) is -0.00683. The summed E-state index contributed by atoms with van der Waals surface area (Å²) in [7, 11) is 0. The summed E-state index contributed by atoms with van der Waals surface area (Å²) in [5, 5.41) is 25.0. The highest BCUT2D eigenvalue weighted by Crippen LogP contribution is 2.39. The van der Waals surface area contributed by atoms with Gasteiger partial charge in [-0.15, -0.1) is 21.5 Å². The Morgan fingerprint density at radius 3 is 1.92 bits per heavy atom. The first kappa shape index (κ1) is 47.8. The number of amides is 2. The van der Waals surface area contributed by atoms with Crippen molar-refractivity contribution < 1.29 is 52.6 Å². The van der Waals surface area contributed by atoms with Gasteiger partial charge in [0.2, 0.25) is 11.8 Å². The molecule has 17 nitrogen and oxygen atoms in total. The van der Waals surface area contributed by atoms with Gasteiger partial charge in [0.25, 0.3) is 0 Å². The fraction of sp³-hybridized carbons (Fsp3) is 0.600. The van der Waals surface area contributed by atoms with Crippen LogP contribution in [-0.4, -0.2) is 149 Å². The lowest BCUT2D eigenvalue weighted by atomic mass is 9.94. The van der Waals surface area contributed by atoms with Crippen LogP contribution >= 0.6 is 22.9 Å². The van der Waals surface area contributed by atoms with E-state index in [0.717, 1.165) is 33.2 Å². The third kappa shape index (κ3) is 15.9. The number of halogens is 1. The van der Waals surface area contributed by atoms with E-state index in [1.807, 2.05) is 42.7 Å². The van der Waals surface area contributed by atoms with Crippen molar-refractivity contribution in [2.75, 3.05) is 106 Å². The first-order chi connectivity index (χ1) is 28.4. The molecule has 1 unspecified atom stereocenters. The molecule has 0 spiro atoms. The summed E-state index contributed by atoms with van der Waals surface area (Å²) in [6.07, 6.45) is 0.0796. The number of aliphatic carboxylic acids is 1. The molecule has 4 rings (SSSR count). The van der Waals surface area contributed by atoms with Gasteiger partial charge in [0.15, 0.2) is 5.82 Å². The number of nitrogens with one attached hydrogen (secondary N) is 2. The first-order valence-electron chi connectivity index (χ1n) is 19.5. The molecule has 0 radical (unpaired) electrons. The number of benzene rings is 1. The number of fused-ring (bicyclic) bond motifs is 3. The van der Waals surface area contributed by atoms with Gasteiger partial charge in [0.05, 0.1) is 98.0 Å². The van der Waals surface area contributed by atoms with Crippen LogP contribution in [0.25, 0.3) is 5.00 Å². The summed E-state index contributed by atoms with van der Waals surface area (Å²) in [6.45, 7) is 13.9. The zero-order valence-corrected chi connectivity index (χ0v) is 36.1. The zero-order valence-electron chi connectivity index (χ0n) is 34.5. The van der Waals surface area contributed by atoms with Gasteiger partial charge in [-0.1, -0.05) is 30.7 Å². The minimum atomic E-state index is -1.06. The third-order valence-electron chi connectivity index (χ3n) is 8.99. The van der Waals surface area contributed by atoms with Crippen LogP contribution in [0, 0.1) is 26.2 Å². The Hall–Kier alpha value is -3.85. The van der Waals surface area contributed by atoms with Gasteiger partial charge < -0.3 is 48.9 Å². The molecule has 0 saturated carbocycles. The highest BCUT2D eigenvalue weighted by molar-refractivity contribution is 7.15. The van der Waals surface area contributed by atoms with E-state index in [0.29, 0.717) is 90.0 Å². The molecule has 0 aliphatic carbocycles. The quantitative estimate of drug-likeness (QED) is 0.0855. The Morgan fingerprint density at radius 1 is 0.797 bits per heavy atom. The van der Waals surface area contributed by atoms with Gasteiger partial charge >= 0.3 is 5.97 Å².